The molecular formula is C20H4Br4Cl2K2O5. The number of hydrogen-bond donors (Lipinski definition) is 0. The maximum absolute atomic E-state index is 13.0. The first-order chi connectivity index (χ1) is 14.6. The predicted octanol–water partition coefficient (Wildman–Crippen LogP) is 0.767. The molecule has 5 nitrogen and oxygen atoms in total. The second-order valence-corrected chi connectivity index (χ2v) is 10.8. The second kappa shape index (κ2) is 10.8. The van der Waals surface area contributed by atoms with Crippen molar-refractivity contribution in [1.82, 2.24) is 0 Å². The summed E-state index contributed by atoms with van der Waals surface area (Å²) in [5, 5.41) is 25.5. The van der Waals surface area contributed by atoms with Crippen LogP contribution in [-0.2, 0) is 10.3 Å². The van der Waals surface area contributed by atoms with Crippen molar-refractivity contribution in [2.24, 2.45) is 0 Å². The smallest absolute Gasteiger partial charge is 0.871 e. The molecule has 0 saturated carbocycles. The van der Waals surface area contributed by atoms with Gasteiger partial charge in [-0.15, -0.1) is 0 Å². The van der Waals surface area contributed by atoms with E-state index >= 15 is 0 Å². The molecule has 3 aromatic rings. The number of carbonyl (C=O) groups is 1. The Morgan fingerprint density at radius 1 is 0.818 bits per heavy atom. The van der Waals surface area contributed by atoms with Gasteiger partial charge in [-0.2, -0.15) is 0 Å². The predicted molar refractivity (Wildman–Crippen MR) is 124 cm³/mol. The Morgan fingerprint density at radius 3 is 1.76 bits per heavy atom. The largest absolute Gasteiger partial charge is 1.00 e. The third-order valence-corrected chi connectivity index (χ3v) is 8.38. The molecule has 0 saturated heterocycles. The van der Waals surface area contributed by atoms with E-state index in [1.165, 1.54) is 18.2 Å². The molecule has 0 N–H and O–H groups in total. The monoisotopic (exact) mass is 788 g/mol. The van der Waals surface area contributed by atoms with Gasteiger partial charge in [-0.1, -0.05) is 66.6 Å². The van der Waals surface area contributed by atoms with Crippen LogP contribution in [-0.4, -0.2) is 5.97 Å². The van der Waals surface area contributed by atoms with Crippen molar-refractivity contribution in [1.29, 1.82) is 0 Å². The second-order valence-electron chi connectivity index (χ2n) is 6.71. The Bertz CT molecular complexity index is 1310. The summed E-state index contributed by atoms with van der Waals surface area (Å²) in [5.74, 6) is -1.26. The number of hydrogen-bond acceptors (Lipinski definition) is 5. The van der Waals surface area contributed by atoms with E-state index in [4.69, 9.17) is 32.7 Å². The van der Waals surface area contributed by atoms with E-state index in [1.807, 2.05) is 0 Å². The van der Waals surface area contributed by atoms with Crippen molar-refractivity contribution in [2.45, 2.75) is 5.60 Å². The zero-order chi connectivity index (χ0) is 22.4. The minimum absolute atomic E-state index is 0. The van der Waals surface area contributed by atoms with Crippen LogP contribution in [0.25, 0.3) is 0 Å². The van der Waals surface area contributed by atoms with Crippen molar-refractivity contribution in [2.75, 3.05) is 0 Å². The summed E-state index contributed by atoms with van der Waals surface area (Å²) >= 11 is 26.0. The number of fused-ring (bicyclic) bond motifs is 6. The van der Waals surface area contributed by atoms with Gasteiger partial charge in [-0.05, 0) is 56.1 Å². The van der Waals surface area contributed by atoms with Crippen LogP contribution in [0.3, 0.4) is 0 Å². The molecule has 2 aliphatic rings. The van der Waals surface area contributed by atoms with Crippen LogP contribution in [0.2, 0.25) is 10.0 Å². The SMILES string of the molecule is O=C1OC2(c3cc(Br)c([O-])c(Br)c3Oc3c2cc(Br)c([O-])c3Br)c2c(Cl)ccc(Cl)c21.[K+].[K+]. The normalized spacial score (nSPS) is 14.3. The van der Waals surface area contributed by atoms with Crippen LogP contribution < -0.4 is 118 Å². The quantitative estimate of drug-likeness (QED) is 0.249. The molecule has 2 heterocycles. The number of rotatable bonds is 0. The molecule has 0 bridgehead atoms. The number of carbonyl (C=O) groups excluding carboxylic acids is 1. The maximum Gasteiger partial charge on any atom is 1.00 e. The van der Waals surface area contributed by atoms with Crippen molar-refractivity contribution in [3.8, 4) is 23.0 Å². The summed E-state index contributed by atoms with van der Waals surface area (Å²) in [6.45, 7) is 0. The summed E-state index contributed by atoms with van der Waals surface area (Å²) in [7, 11) is 0. The number of esters is 1. The van der Waals surface area contributed by atoms with Crippen LogP contribution in [0, 0.1) is 0 Å². The molecule has 0 radical (unpaired) electrons. The summed E-state index contributed by atoms with van der Waals surface area (Å²) < 4.78 is 12.6. The van der Waals surface area contributed by atoms with Crippen molar-refractivity contribution in [3.63, 3.8) is 0 Å². The van der Waals surface area contributed by atoms with Crippen LogP contribution in [0.1, 0.15) is 27.0 Å². The van der Waals surface area contributed by atoms with Gasteiger partial charge in [-0.25, -0.2) is 4.79 Å². The molecule has 13 heteroatoms. The topological polar surface area (TPSA) is 81.7 Å². The van der Waals surface area contributed by atoms with Crippen LogP contribution >= 0.6 is 86.9 Å². The third kappa shape index (κ3) is 4.39. The number of benzene rings is 3. The van der Waals surface area contributed by atoms with Gasteiger partial charge in [0.15, 0.2) is 5.60 Å². The van der Waals surface area contributed by atoms with E-state index in [1.54, 1.807) is 6.07 Å². The zero-order valence-corrected chi connectivity index (χ0v) is 30.7. The van der Waals surface area contributed by atoms with Crippen LogP contribution in [0.15, 0.2) is 42.2 Å². The molecule has 5 rings (SSSR count). The third-order valence-electron chi connectivity index (χ3n) is 5.13. The molecule has 0 fully saturated rings. The van der Waals surface area contributed by atoms with E-state index in [0.29, 0.717) is 16.7 Å². The Balaban J connectivity index is 0.00000153. The molecule has 1 spiro atoms. The summed E-state index contributed by atoms with van der Waals surface area (Å²) in [4.78, 5) is 13.0. The standard InChI is InChI=1S/C20H6Br4Cl2O5.2K/c21-7-3-5-17(13(23)15(7)27)30-18-6(4-8(22)16(28)14(18)24)20(5)12-10(26)2-1-9(25)11(12)19(29)31-20;;/h1-4,27-28H;;/q;2*+1/p-2. The van der Waals surface area contributed by atoms with Crippen molar-refractivity contribution >= 4 is 92.9 Å². The van der Waals surface area contributed by atoms with Gasteiger partial charge in [0, 0.05) is 30.7 Å². The summed E-state index contributed by atoms with van der Waals surface area (Å²) in [6, 6.07) is 6.08. The van der Waals surface area contributed by atoms with Crippen molar-refractivity contribution < 1.29 is 127 Å². The molecule has 0 atom stereocenters. The first-order valence-electron chi connectivity index (χ1n) is 8.38. The molecule has 3 aromatic carbocycles. The van der Waals surface area contributed by atoms with E-state index in [9.17, 15) is 15.0 Å². The molecule has 33 heavy (non-hydrogen) atoms. The summed E-state index contributed by atoms with van der Waals surface area (Å²) in [6.07, 6.45) is 0. The molecule has 2 aliphatic heterocycles. The molecule has 0 amide bonds. The van der Waals surface area contributed by atoms with E-state index < -0.39 is 11.6 Å². The molecular weight excluding hydrogens is 789 g/mol. The van der Waals surface area contributed by atoms with Gasteiger partial charge >= 0.3 is 109 Å². The Labute approximate surface area is 316 Å². The minimum Gasteiger partial charge on any atom is -0.871 e. The fraction of sp³-hybridized carbons (Fsp3) is 0.0500. The Kier molecular flexibility index (Phi) is 9.79. The van der Waals surface area contributed by atoms with Gasteiger partial charge < -0.3 is 19.7 Å². The molecule has 0 unspecified atom stereocenters. The van der Waals surface area contributed by atoms with Gasteiger partial charge in [0.1, 0.15) is 11.5 Å². The fourth-order valence-electron chi connectivity index (χ4n) is 3.85. The van der Waals surface area contributed by atoms with Gasteiger partial charge in [0.25, 0.3) is 0 Å². The molecule has 0 aliphatic carbocycles. The van der Waals surface area contributed by atoms with Crippen molar-refractivity contribution in [3.05, 3.63) is 74.5 Å². The number of ether oxygens (including phenoxy) is 2. The average Bonchev–Trinajstić information content (AvgIpc) is 3.04. The summed E-state index contributed by atoms with van der Waals surface area (Å²) in [5.41, 5.74) is -0.536. The van der Waals surface area contributed by atoms with E-state index in [2.05, 4.69) is 63.7 Å². The fourth-order valence-corrected chi connectivity index (χ4v) is 6.78. The molecule has 0 aromatic heterocycles. The van der Waals surface area contributed by atoms with Gasteiger partial charge in [-0.3, -0.25) is 0 Å². The zero-order valence-electron chi connectivity index (χ0n) is 16.6. The molecule has 158 valence electrons. The number of halogens is 6. The Hall–Kier alpha value is 2.30. The minimum atomic E-state index is -1.62. The average molecular weight is 793 g/mol. The van der Waals surface area contributed by atoms with Crippen LogP contribution in [0.5, 0.6) is 23.0 Å². The van der Waals surface area contributed by atoms with Gasteiger partial charge in [0.05, 0.1) is 19.5 Å². The van der Waals surface area contributed by atoms with E-state index in [0.717, 1.165) is 0 Å². The maximum atomic E-state index is 13.0. The first-order valence-corrected chi connectivity index (χ1v) is 12.3. The van der Waals surface area contributed by atoms with Gasteiger partial charge in [0.2, 0.25) is 0 Å². The first kappa shape index (κ1) is 29.9. The van der Waals surface area contributed by atoms with E-state index in [-0.39, 0.29) is 159 Å². The van der Waals surface area contributed by atoms with Crippen LogP contribution in [0.4, 0.5) is 0 Å². The Morgan fingerprint density at radius 2 is 1.27 bits per heavy atom.